The lowest BCUT2D eigenvalue weighted by Gasteiger charge is -2.21. The van der Waals surface area contributed by atoms with E-state index in [9.17, 15) is 14.9 Å². The van der Waals surface area contributed by atoms with Crippen LogP contribution in [0, 0.1) is 16.0 Å². The molecule has 1 amide bonds. The van der Waals surface area contributed by atoms with Gasteiger partial charge in [0.1, 0.15) is 0 Å². The molecule has 1 aromatic rings. The Kier molecular flexibility index (Phi) is 6.09. The van der Waals surface area contributed by atoms with E-state index in [1.165, 1.54) is 6.07 Å². The van der Waals surface area contributed by atoms with E-state index in [-0.39, 0.29) is 17.5 Å². The molecule has 0 aliphatic carbocycles. The molecule has 0 spiro atoms. The van der Waals surface area contributed by atoms with Crippen LogP contribution < -0.4 is 5.32 Å². The number of hydrogen-bond donors (Lipinski definition) is 1. The van der Waals surface area contributed by atoms with E-state index in [2.05, 4.69) is 21.2 Å². The lowest BCUT2D eigenvalue weighted by atomic mass is 10.1. The van der Waals surface area contributed by atoms with Crippen LogP contribution in [0.15, 0.2) is 22.7 Å². The molecule has 0 bridgehead atoms. The normalized spacial score (nSPS) is 12.2. The van der Waals surface area contributed by atoms with Crippen molar-refractivity contribution in [2.45, 2.75) is 13.5 Å². The summed E-state index contributed by atoms with van der Waals surface area (Å²) >= 11 is 3.27. The number of rotatable bonds is 6. The van der Waals surface area contributed by atoms with Crippen LogP contribution in [0.2, 0.25) is 0 Å². The Labute approximate surface area is 126 Å². The number of halogens is 1. The monoisotopic (exact) mass is 343 g/mol. The maximum absolute atomic E-state index is 11.5. The Hall–Kier alpha value is -1.47. The number of nitrogens with zero attached hydrogens (tertiary/aromatic N) is 2. The number of amides is 1. The summed E-state index contributed by atoms with van der Waals surface area (Å²) in [4.78, 5) is 23.9. The molecule has 0 aliphatic heterocycles. The first-order valence-corrected chi connectivity index (χ1v) is 6.98. The van der Waals surface area contributed by atoms with Gasteiger partial charge >= 0.3 is 0 Å². The fourth-order valence-corrected chi connectivity index (χ4v) is 2.52. The minimum Gasteiger partial charge on any atom is -0.359 e. The molecule has 0 heterocycles. The minimum absolute atomic E-state index is 0.0186. The molecule has 1 unspecified atom stereocenters. The molecule has 0 radical (unpaired) electrons. The van der Waals surface area contributed by atoms with E-state index in [4.69, 9.17) is 0 Å². The highest BCUT2D eigenvalue weighted by Gasteiger charge is 2.18. The standard InChI is InChI=1S/C13H18BrN3O3/c1-9(13(18)15-2)7-16(3)8-10-5-4-6-11(12(10)14)17(19)20/h4-6,9H,7-8H2,1-3H3,(H,15,18). The van der Waals surface area contributed by atoms with Crippen LogP contribution in [0.4, 0.5) is 5.69 Å². The summed E-state index contributed by atoms with van der Waals surface area (Å²) in [6, 6.07) is 4.95. The lowest BCUT2D eigenvalue weighted by Crippen LogP contribution is -2.34. The second-order valence-corrected chi connectivity index (χ2v) is 5.51. The van der Waals surface area contributed by atoms with Gasteiger partial charge in [0.05, 0.1) is 9.40 Å². The van der Waals surface area contributed by atoms with Gasteiger partial charge in [0, 0.05) is 32.1 Å². The quantitative estimate of drug-likeness (QED) is 0.634. The topological polar surface area (TPSA) is 75.5 Å². The second-order valence-electron chi connectivity index (χ2n) is 4.72. The Morgan fingerprint density at radius 2 is 2.20 bits per heavy atom. The Bertz CT molecular complexity index is 508. The van der Waals surface area contributed by atoms with Crippen molar-refractivity contribution in [3.8, 4) is 0 Å². The number of nitro benzene ring substituents is 1. The first-order chi connectivity index (χ1) is 9.36. The molecule has 0 saturated carbocycles. The van der Waals surface area contributed by atoms with E-state index in [0.717, 1.165) is 5.56 Å². The average molecular weight is 344 g/mol. The zero-order chi connectivity index (χ0) is 15.3. The summed E-state index contributed by atoms with van der Waals surface area (Å²) in [6.07, 6.45) is 0. The smallest absolute Gasteiger partial charge is 0.283 e. The van der Waals surface area contributed by atoms with Crippen molar-refractivity contribution in [3.63, 3.8) is 0 Å². The van der Waals surface area contributed by atoms with Crippen molar-refractivity contribution < 1.29 is 9.72 Å². The summed E-state index contributed by atoms with van der Waals surface area (Å²) < 4.78 is 0.490. The molecule has 110 valence electrons. The number of carbonyl (C=O) groups is 1. The third-order valence-corrected chi connectivity index (χ3v) is 3.89. The molecule has 1 atom stereocenters. The lowest BCUT2D eigenvalue weighted by molar-refractivity contribution is -0.385. The van der Waals surface area contributed by atoms with Gasteiger partial charge in [0.15, 0.2) is 0 Å². The average Bonchev–Trinajstić information content (AvgIpc) is 2.39. The summed E-state index contributed by atoms with van der Waals surface area (Å²) in [7, 11) is 3.49. The second kappa shape index (κ2) is 7.35. The van der Waals surface area contributed by atoms with E-state index in [1.807, 2.05) is 24.9 Å². The van der Waals surface area contributed by atoms with Crippen molar-refractivity contribution in [2.75, 3.05) is 20.6 Å². The van der Waals surface area contributed by atoms with E-state index in [1.54, 1.807) is 13.1 Å². The summed E-state index contributed by atoms with van der Waals surface area (Å²) in [5.74, 6) is -0.155. The summed E-state index contributed by atoms with van der Waals surface area (Å²) in [6.45, 7) is 2.95. The highest BCUT2D eigenvalue weighted by molar-refractivity contribution is 9.10. The Morgan fingerprint density at radius 1 is 1.55 bits per heavy atom. The summed E-state index contributed by atoms with van der Waals surface area (Å²) in [5, 5.41) is 13.5. The van der Waals surface area contributed by atoms with Gasteiger partial charge in [0.25, 0.3) is 5.69 Å². The first kappa shape index (κ1) is 16.6. The predicted octanol–water partition coefficient (Wildman–Crippen LogP) is 2.17. The maximum Gasteiger partial charge on any atom is 0.283 e. The minimum atomic E-state index is -0.416. The van der Waals surface area contributed by atoms with Crippen LogP contribution >= 0.6 is 15.9 Å². The van der Waals surface area contributed by atoms with Crippen LogP contribution in [-0.4, -0.2) is 36.4 Å². The van der Waals surface area contributed by atoms with Crippen LogP contribution in [0.25, 0.3) is 0 Å². The van der Waals surface area contributed by atoms with Gasteiger partial charge < -0.3 is 10.2 Å². The van der Waals surface area contributed by atoms with Crippen molar-refractivity contribution in [1.82, 2.24) is 10.2 Å². The predicted molar refractivity (Wildman–Crippen MR) is 80.4 cm³/mol. The molecule has 7 heteroatoms. The van der Waals surface area contributed by atoms with Crippen LogP contribution in [0.3, 0.4) is 0 Å². The third-order valence-electron chi connectivity index (χ3n) is 2.97. The zero-order valence-corrected chi connectivity index (χ0v) is 13.3. The largest absolute Gasteiger partial charge is 0.359 e. The summed E-state index contributed by atoms with van der Waals surface area (Å²) in [5.41, 5.74) is 0.876. The van der Waals surface area contributed by atoms with Gasteiger partial charge in [-0.05, 0) is 28.5 Å². The van der Waals surface area contributed by atoms with Gasteiger partial charge in [-0.3, -0.25) is 14.9 Å². The number of nitrogens with one attached hydrogen (secondary N) is 1. The maximum atomic E-state index is 11.5. The molecule has 1 N–H and O–H groups in total. The van der Waals surface area contributed by atoms with Crippen molar-refractivity contribution in [1.29, 1.82) is 0 Å². The molecular weight excluding hydrogens is 326 g/mol. The van der Waals surface area contributed by atoms with Gasteiger partial charge in [-0.25, -0.2) is 0 Å². The van der Waals surface area contributed by atoms with Gasteiger partial charge in [-0.2, -0.15) is 0 Å². The van der Waals surface area contributed by atoms with Gasteiger partial charge in [-0.1, -0.05) is 19.1 Å². The van der Waals surface area contributed by atoms with E-state index in [0.29, 0.717) is 17.6 Å². The molecule has 1 aromatic carbocycles. The molecule has 6 nitrogen and oxygen atoms in total. The van der Waals surface area contributed by atoms with Crippen LogP contribution in [0.5, 0.6) is 0 Å². The molecule has 0 aromatic heterocycles. The zero-order valence-electron chi connectivity index (χ0n) is 11.7. The van der Waals surface area contributed by atoms with E-state index >= 15 is 0 Å². The number of benzene rings is 1. The fourth-order valence-electron chi connectivity index (χ4n) is 1.98. The molecule has 0 aliphatic rings. The van der Waals surface area contributed by atoms with Gasteiger partial charge in [0.2, 0.25) is 5.91 Å². The number of nitro groups is 1. The van der Waals surface area contributed by atoms with Crippen LogP contribution in [0.1, 0.15) is 12.5 Å². The SMILES string of the molecule is CNC(=O)C(C)CN(C)Cc1cccc([N+](=O)[O-])c1Br. The highest BCUT2D eigenvalue weighted by atomic mass is 79.9. The molecule has 1 rings (SSSR count). The van der Waals surface area contributed by atoms with Gasteiger partial charge in [-0.15, -0.1) is 0 Å². The van der Waals surface area contributed by atoms with Crippen molar-refractivity contribution in [3.05, 3.63) is 38.3 Å². The Morgan fingerprint density at radius 3 is 2.75 bits per heavy atom. The molecular formula is C13H18BrN3O3. The molecule has 0 saturated heterocycles. The Balaban J connectivity index is 2.76. The highest BCUT2D eigenvalue weighted by Crippen LogP contribution is 2.28. The number of carbonyl (C=O) groups excluding carboxylic acids is 1. The molecule has 20 heavy (non-hydrogen) atoms. The van der Waals surface area contributed by atoms with Crippen molar-refractivity contribution in [2.24, 2.45) is 5.92 Å². The van der Waals surface area contributed by atoms with E-state index < -0.39 is 4.92 Å². The first-order valence-electron chi connectivity index (χ1n) is 6.18. The third kappa shape index (κ3) is 4.28. The van der Waals surface area contributed by atoms with Crippen LogP contribution in [-0.2, 0) is 11.3 Å². The number of hydrogen-bond acceptors (Lipinski definition) is 4. The fraction of sp³-hybridized carbons (Fsp3) is 0.462. The van der Waals surface area contributed by atoms with Crippen molar-refractivity contribution >= 4 is 27.5 Å². The molecule has 0 fully saturated rings.